The second-order valence-electron chi connectivity index (χ2n) is 3.98. The Morgan fingerprint density at radius 3 is 1.00 bits per heavy atom. The molecule has 0 aromatic heterocycles. The summed E-state index contributed by atoms with van der Waals surface area (Å²) in [5, 5.41) is 56.2. The molecular weight excluding hydrogens is 332 g/mol. The first-order chi connectivity index (χ1) is 10.9. The average Bonchev–Trinajstić information content (AvgIpc) is 2.46. The second-order valence-corrected chi connectivity index (χ2v) is 3.98. The van der Waals surface area contributed by atoms with E-state index in [1.54, 1.807) is 0 Å². The van der Waals surface area contributed by atoms with Crippen molar-refractivity contribution in [2.45, 2.75) is 18.9 Å². The Hall–Kier alpha value is -2.76. The van der Waals surface area contributed by atoms with Crippen molar-refractivity contribution in [3.63, 3.8) is 0 Å². The van der Waals surface area contributed by atoms with E-state index in [2.05, 4.69) is 13.2 Å². The minimum atomic E-state index is -1.27. The van der Waals surface area contributed by atoms with Gasteiger partial charge in [-0.05, 0) is 0 Å². The van der Waals surface area contributed by atoms with E-state index in [0.29, 0.717) is 0 Å². The van der Waals surface area contributed by atoms with Gasteiger partial charge in [0.05, 0.1) is 26.1 Å². The molecule has 0 aromatic rings. The third-order valence-electron chi connectivity index (χ3n) is 1.76. The van der Waals surface area contributed by atoms with E-state index < -0.39 is 42.8 Å². The van der Waals surface area contributed by atoms with Gasteiger partial charge in [0.25, 0.3) is 0 Å². The molecule has 0 atom stereocenters. The lowest BCUT2D eigenvalue weighted by atomic mass is 10.2. The molecule has 0 rings (SSSR count). The normalized spacial score (nSPS) is 8.83. The Labute approximate surface area is 136 Å². The Balaban J connectivity index is -0.000000282. The number of hydrogen-bond donors (Lipinski definition) is 7. The number of aliphatic carboxylic acids is 4. The van der Waals surface area contributed by atoms with E-state index in [-0.39, 0.29) is 24.4 Å². The van der Waals surface area contributed by atoms with Crippen molar-refractivity contribution >= 4 is 23.9 Å². The minimum absolute atomic E-state index is 0.303. The molecule has 11 nitrogen and oxygen atoms in total. The van der Waals surface area contributed by atoms with Crippen molar-refractivity contribution in [3.05, 3.63) is 24.3 Å². The zero-order valence-corrected chi connectivity index (χ0v) is 12.6. The van der Waals surface area contributed by atoms with Crippen LogP contribution in [0.15, 0.2) is 24.3 Å². The van der Waals surface area contributed by atoms with Gasteiger partial charge >= 0.3 is 23.9 Å². The predicted molar refractivity (Wildman–Crippen MR) is 78.2 cm³/mol. The van der Waals surface area contributed by atoms with Crippen molar-refractivity contribution in [3.8, 4) is 0 Å². The summed E-state index contributed by atoms with van der Waals surface area (Å²) < 4.78 is 0. The van der Waals surface area contributed by atoms with Crippen LogP contribution in [0.5, 0.6) is 0 Å². The van der Waals surface area contributed by atoms with E-state index >= 15 is 0 Å². The summed E-state index contributed by atoms with van der Waals surface area (Å²) in [5.41, 5.74) is -0.606. The Bertz CT molecular complexity index is 425. The number of carbonyl (C=O) groups is 4. The van der Waals surface area contributed by atoms with Crippen LogP contribution in [0.2, 0.25) is 0 Å². The number of carboxylic acids is 4. The standard InChI is InChI=1S/2C5H6O4.C3H8O3/c2*1-3(5(8)9)2-4(6)7;4-1-3(6)2-5/h2*1-2H2,(H,6,7)(H,8,9);3-6H,1-2H2. The molecule has 0 unspecified atom stereocenters. The summed E-state index contributed by atoms with van der Waals surface area (Å²) in [4.78, 5) is 39.3. The van der Waals surface area contributed by atoms with Crippen LogP contribution < -0.4 is 0 Å². The Kier molecular flexibility index (Phi) is 16.5. The highest BCUT2D eigenvalue weighted by Gasteiger charge is 2.07. The molecule has 7 N–H and O–H groups in total. The van der Waals surface area contributed by atoms with Gasteiger partial charge in [0.1, 0.15) is 6.10 Å². The van der Waals surface area contributed by atoms with Crippen LogP contribution in [0.3, 0.4) is 0 Å². The van der Waals surface area contributed by atoms with Crippen LogP contribution >= 0.6 is 0 Å². The number of hydrogen-bond acceptors (Lipinski definition) is 7. The van der Waals surface area contributed by atoms with Gasteiger partial charge in [-0.15, -0.1) is 0 Å². The molecule has 0 radical (unpaired) electrons. The Morgan fingerprint density at radius 2 is 0.958 bits per heavy atom. The summed E-state index contributed by atoms with van der Waals surface area (Å²) in [5.74, 6) is -4.89. The summed E-state index contributed by atoms with van der Waals surface area (Å²) in [7, 11) is 0. The molecule has 0 aliphatic heterocycles. The van der Waals surface area contributed by atoms with Gasteiger partial charge in [0.15, 0.2) is 0 Å². The number of aliphatic hydroxyl groups is 3. The summed E-state index contributed by atoms with van der Waals surface area (Å²) in [6.07, 6.45) is -1.96. The fourth-order valence-corrected chi connectivity index (χ4v) is 0.574. The highest BCUT2D eigenvalue weighted by Crippen LogP contribution is 1.96. The van der Waals surface area contributed by atoms with Gasteiger partial charge in [-0.1, -0.05) is 13.2 Å². The Morgan fingerprint density at radius 1 is 0.708 bits per heavy atom. The van der Waals surface area contributed by atoms with Gasteiger partial charge < -0.3 is 35.7 Å². The van der Waals surface area contributed by atoms with Crippen molar-refractivity contribution in [2.24, 2.45) is 0 Å². The predicted octanol–water partition coefficient (Wildman–Crippen LogP) is -1.46. The van der Waals surface area contributed by atoms with Crippen molar-refractivity contribution in [2.75, 3.05) is 13.2 Å². The molecule has 0 aliphatic rings. The monoisotopic (exact) mass is 352 g/mol. The SMILES string of the molecule is C=C(CC(=O)O)C(=O)O.C=C(CC(=O)O)C(=O)O.OCC(O)CO. The summed E-state index contributed by atoms with van der Waals surface area (Å²) >= 11 is 0. The molecule has 0 saturated carbocycles. The number of rotatable bonds is 8. The van der Waals surface area contributed by atoms with Crippen LogP contribution in [0.1, 0.15) is 12.8 Å². The average molecular weight is 352 g/mol. The van der Waals surface area contributed by atoms with Crippen LogP contribution in [0, 0.1) is 0 Å². The molecule has 0 bridgehead atoms. The first-order valence-corrected chi connectivity index (χ1v) is 6.04. The molecule has 0 saturated heterocycles. The molecule has 0 aliphatic carbocycles. The molecule has 138 valence electrons. The molecule has 0 aromatic carbocycles. The van der Waals surface area contributed by atoms with E-state index in [9.17, 15) is 19.2 Å². The van der Waals surface area contributed by atoms with E-state index in [0.717, 1.165) is 0 Å². The van der Waals surface area contributed by atoms with Crippen LogP contribution in [0.4, 0.5) is 0 Å². The van der Waals surface area contributed by atoms with E-state index in [4.69, 9.17) is 35.7 Å². The summed E-state index contributed by atoms with van der Waals surface area (Å²) in [6.45, 7) is 5.30. The molecular formula is C13H20O11. The van der Waals surface area contributed by atoms with Gasteiger partial charge in [0.2, 0.25) is 0 Å². The topological polar surface area (TPSA) is 210 Å². The molecule has 0 spiro atoms. The lowest BCUT2D eigenvalue weighted by molar-refractivity contribution is -0.139. The highest BCUT2D eigenvalue weighted by molar-refractivity contribution is 5.91. The molecule has 11 heteroatoms. The van der Waals surface area contributed by atoms with Crippen LogP contribution in [0.25, 0.3) is 0 Å². The van der Waals surface area contributed by atoms with Crippen molar-refractivity contribution in [1.82, 2.24) is 0 Å². The first kappa shape index (κ1) is 26.2. The van der Waals surface area contributed by atoms with Crippen molar-refractivity contribution < 1.29 is 54.9 Å². The zero-order valence-electron chi connectivity index (χ0n) is 12.6. The maximum Gasteiger partial charge on any atom is 0.331 e. The second kappa shape index (κ2) is 15.1. The maximum absolute atomic E-state index is 9.87. The molecule has 0 heterocycles. The quantitative estimate of drug-likeness (QED) is 0.251. The minimum Gasteiger partial charge on any atom is -0.481 e. The smallest absolute Gasteiger partial charge is 0.331 e. The van der Waals surface area contributed by atoms with Crippen molar-refractivity contribution in [1.29, 1.82) is 0 Å². The highest BCUT2D eigenvalue weighted by atomic mass is 16.4. The fourth-order valence-electron chi connectivity index (χ4n) is 0.574. The van der Waals surface area contributed by atoms with Crippen LogP contribution in [-0.2, 0) is 19.2 Å². The maximum atomic E-state index is 9.87. The van der Waals surface area contributed by atoms with Gasteiger partial charge in [-0.25, -0.2) is 9.59 Å². The fraction of sp³-hybridized carbons (Fsp3) is 0.385. The third kappa shape index (κ3) is 21.5. The van der Waals surface area contributed by atoms with Crippen LogP contribution in [-0.4, -0.2) is 78.9 Å². The third-order valence-corrected chi connectivity index (χ3v) is 1.76. The molecule has 0 amide bonds. The first-order valence-electron chi connectivity index (χ1n) is 6.04. The van der Waals surface area contributed by atoms with Gasteiger partial charge in [-0.3, -0.25) is 9.59 Å². The zero-order chi connectivity index (χ0) is 19.9. The van der Waals surface area contributed by atoms with E-state index in [1.807, 2.05) is 0 Å². The lowest BCUT2D eigenvalue weighted by Gasteiger charge is -1.96. The van der Waals surface area contributed by atoms with E-state index in [1.165, 1.54) is 0 Å². The number of aliphatic hydroxyl groups excluding tert-OH is 3. The number of carboxylic acid groups (broad SMARTS) is 4. The molecule has 0 fully saturated rings. The van der Waals surface area contributed by atoms with Gasteiger partial charge in [-0.2, -0.15) is 0 Å². The lowest BCUT2D eigenvalue weighted by Crippen LogP contribution is -2.15. The summed E-state index contributed by atoms with van der Waals surface area (Å²) in [6, 6.07) is 0. The largest absolute Gasteiger partial charge is 0.481 e. The van der Waals surface area contributed by atoms with Gasteiger partial charge in [0, 0.05) is 11.1 Å². The molecule has 24 heavy (non-hydrogen) atoms.